The molecule has 0 radical (unpaired) electrons. The molecule has 0 spiro atoms. The standard InChI is InChI=1S/C13H21NO2S/c1-10(2)9-11(3)14-12-5-7-13(8-6-12)17(4,15)16/h5-8,10-11,14H,9H2,1-4H3. The fraction of sp³-hybridized carbons (Fsp3) is 0.538. The lowest BCUT2D eigenvalue weighted by atomic mass is 10.1. The van der Waals surface area contributed by atoms with Gasteiger partial charge >= 0.3 is 0 Å². The SMILES string of the molecule is CC(C)CC(C)Nc1ccc(S(C)(=O)=O)cc1. The maximum absolute atomic E-state index is 11.3. The van der Waals surface area contributed by atoms with Gasteiger partial charge in [-0.05, 0) is 43.5 Å². The van der Waals surface area contributed by atoms with Gasteiger partial charge in [0.25, 0.3) is 0 Å². The molecule has 0 aliphatic heterocycles. The molecule has 17 heavy (non-hydrogen) atoms. The molecular weight excluding hydrogens is 234 g/mol. The van der Waals surface area contributed by atoms with Gasteiger partial charge in [-0.2, -0.15) is 0 Å². The summed E-state index contributed by atoms with van der Waals surface area (Å²) in [5.41, 5.74) is 0.963. The highest BCUT2D eigenvalue weighted by Crippen LogP contribution is 2.16. The molecule has 0 aliphatic carbocycles. The van der Waals surface area contributed by atoms with Crippen LogP contribution in [-0.2, 0) is 9.84 Å². The van der Waals surface area contributed by atoms with Crippen LogP contribution in [0.15, 0.2) is 29.2 Å². The fourth-order valence-corrected chi connectivity index (χ4v) is 2.48. The van der Waals surface area contributed by atoms with Gasteiger partial charge in [-0.3, -0.25) is 0 Å². The van der Waals surface area contributed by atoms with E-state index < -0.39 is 9.84 Å². The van der Waals surface area contributed by atoms with E-state index in [2.05, 4.69) is 26.1 Å². The van der Waals surface area contributed by atoms with Gasteiger partial charge < -0.3 is 5.32 Å². The maximum Gasteiger partial charge on any atom is 0.175 e. The van der Waals surface area contributed by atoms with Crippen LogP contribution < -0.4 is 5.32 Å². The maximum atomic E-state index is 11.3. The fourth-order valence-electron chi connectivity index (χ4n) is 1.85. The van der Waals surface area contributed by atoms with Gasteiger partial charge in [0.2, 0.25) is 0 Å². The van der Waals surface area contributed by atoms with Gasteiger partial charge in [0.15, 0.2) is 9.84 Å². The van der Waals surface area contributed by atoms with Gasteiger partial charge in [-0.1, -0.05) is 13.8 Å². The summed E-state index contributed by atoms with van der Waals surface area (Å²) in [6, 6.07) is 7.29. The number of anilines is 1. The van der Waals surface area contributed by atoms with Gasteiger partial charge in [-0.15, -0.1) is 0 Å². The predicted molar refractivity (Wildman–Crippen MR) is 72.1 cm³/mol. The summed E-state index contributed by atoms with van der Waals surface area (Å²) in [6.45, 7) is 6.50. The average molecular weight is 255 g/mol. The smallest absolute Gasteiger partial charge is 0.175 e. The van der Waals surface area contributed by atoms with Crippen LogP contribution in [0, 0.1) is 5.92 Å². The number of nitrogens with one attached hydrogen (secondary N) is 1. The molecule has 0 heterocycles. The number of hydrogen-bond acceptors (Lipinski definition) is 3. The van der Waals surface area contributed by atoms with Gasteiger partial charge in [0.1, 0.15) is 0 Å². The van der Waals surface area contributed by atoms with Crippen LogP contribution in [0.25, 0.3) is 0 Å². The lowest BCUT2D eigenvalue weighted by molar-refractivity contribution is 0.540. The minimum atomic E-state index is -3.09. The summed E-state index contributed by atoms with van der Waals surface area (Å²) in [5.74, 6) is 0.646. The van der Waals surface area contributed by atoms with E-state index in [4.69, 9.17) is 0 Å². The third-order valence-electron chi connectivity index (χ3n) is 2.52. The monoisotopic (exact) mass is 255 g/mol. The Kier molecular flexibility index (Phi) is 4.57. The van der Waals surface area contributed by atoms with E-state index in [1.807, 2.05) is 12.1 Å². The van der Waals surface area contributed by atoms with E-state index in [-0.39, 0.29) is 0 Å². The van der Waals surface area contributed by atoms with Crippen molar-refractivity contribution in [2.24, 2.45) is 5.92 Å². The Bertz CT molecular complexity index is 449. The van der Waals surface area contributed by atoms with Crippen molar-refractivity contribution < 1.29 is 8.42 Å². The van der Waals surface area contributed by atoms with Crippen LogP contribution >= 0.6 is 0 Å². The van der Waals surface area contributed by atoms with Crippen LogP contribution in [0.2, 0.25) is 0 Å². The molecule has 1 unspecified atom stereocenters. The molecule has 0 saturated heterocycles. The summed E-state index contributed by atoms with van der Waals surface area (Å²) in [6.07, 6.45) is 2.31. The predicted octanol–water partition coefficient (Wildman–Crippen LogP) is 2.94. The Morgan fingerprint density at radius 2 is 1.65 bits per heavy atom. The van der Waals surface area contributed by atoms with Crippen LogP contribution in [0.3, 0.4) is 0 Å². The molecule has 0 bridgehead atoms. The molecule has 1 aromatic carbocycles. The Balaban J connectivity index is 2.69. The quantitative estimate of drug-likeness (QED) is 0.880. The molecule has 96 valence electrons. The summed E-state index contributed by atoms with van der Waals surface area (Å²) in [5, 5.41) is 3.36. The van der Waals surface area contributed by atoms with E-state index in [0.29, 0.717) is 16.9 Å². The second-order valence-electron chi connectivity index (χ2n) is 4.97. The second-order valence-corrected chi connectivity index (χ2v) is 6.99. The van der Waals surface area contributed by atoms with Crippen molar-refractivity contribution in [3.63, 3.8) is 0 Å². The largest absolute Gasteiger partial charge is 0.383 e. The van der Waals surface area contributed by atoms with E-state index in [9.17, 15) is 8.42 Å². The minimum absolute atomic E-state index is 0.361. The molecule has 4 heteroatoms. The van der Waals surface area contributed by atoms with Gasteiger partial charge in [0.05, 0.1) is 4.90 Å². The van der Waals surface area contributed by atoms with Crippen LogP contribution in [0.1, 0.15) is 27.2 Å². The Hall–Kier alpha value is -1.03. The number of benzene rings is 1. The molecule has 3 nitrogen and oxygen atoms in total. The topological polar surface area (TPSA) is 46.2 Å². The Morgan fingerprint density at radius 3 is 2.06 bits per heavy atom. The van der Waals surface area contributed by atoms with E-state index in [1.54, 1.807) is 12.1 Å². The first-order chi connectivity index (χ1) is 7.79. The van der Waals surface area contributed by atoms with Gasteiger partial charge in [0, 0.05) is 18.0 Å². The van der Waals surface area contributed by atoms with E-state index in [1.165, 1.54) is 6.26 Å². The number of hydrogen-bond donors (Lipinski definition) is 1. The van der Waals surface area contributed by atoms with E-state index >= 15 is 0 Å². The third kappa shape index (κ3) is 4.77. The summed E-state index contributed by atoms with van der Waals surface area (Å²) < 4.78 is 22.6. The first-order valence-corrected chi connectivity index (χ1v) is 7.75. The molecule has 0 aromatic heterocycles. The molecule has 1 rings (SSSR count). The van der Waals surface area contributed by atoms with Crippen molar-refractivity contribution >= 4 is 15.5 Å². The summed E-state index contributed by atoms with van der Waals surface area (Å²) >= 11 is 0. The molecule has 0 amide bonds. The Morgan fingerprint density at radius 1 is 1.12 bits per heavy atom. The zero-order chi connectivity index (χ0) is 13.1. The molecule has 0 aliphatic rings. The normalized spacial score (nSPS) is 13.7. The zero-order valence-corrected chi connectivity index (χ0v) is 11.7. The zero-order valence-electron chi connectivity index (χ0n) is 10.9. The summed E-state index contributed by atoms with van der Waals surface area (Å²) in [7, 11) is -3.09. The number of rotatable bonds is 5. The van der Waals surface area contributed by atoms with Crippen molar-refractivity contribution in [2.45, 2.75) is 38.1 Å². The highest BCUT2D eigenvalue weighted by molar-refractivity contribution is 7.90. The first kappa shape index (κ1) is 14.0. The lowest BCUT2D eigenvalue weighted by Crippen LogP contribution is -2.17. The van der Waals surface area contributed by atoms with Crippen molar-refractivity contribution in [3.05, 3.63) is 24.3 Å². The molecule has 0 fully saturated rings. The highest BCUT2D eigenvalue weighted by atomic mass is 32.2. The van der Waals surface area contributed by atoms with Gasteiger partial charge in [-0.25, -0.2) is 8.42 Å². The molecular formula is C13H21NO2S. The van der Waals surface area contributed by atoms with Crippen molar-refractivity contribution in [1.82, 2.24) is 0 Å². The van der Waals surface area contributed by atoms with E-state index in [0.717, 1.165) is 12.1 Å². The highest BCUT2D eigenvalue weighted by Gasteiger charge is 2.08. The van der Waals surface area contributed by atoms with Crippen molar-refractivity contribution in [3.8, 4) is 0 Å². The average Bonchev–Trinajstić information content (AvgIpc) is 2.15. The molecule has 1 N–H and O–H groups in total. The lowest BCUT2D eigenvalue weighted by Gasteiger charge is -2.17. The van der Waals surface area contributed by atoms with Crippen LogP contribution in [0.5, 0.6) is 0 Å². The Labute approximate surface area is 104 Å². The van der Waals surface area contributed by atoms with Crippen LogP contribution in [0.4, 0.5) is 5.69 Å². The third-order valence-corrected chi connectivity index (χ3v) is 3.65. The number of sulfone groups is 1. The van der Waals surface area contributed by atoms with Crippen molar-refractivity contribution in [2.75, 3.05) is 11.6 Å². The summed E-state index contributed by atoms with van der Waals surface area (Å²) in [4.78, 5) is 0.361. The molecule has 1 atom stereocenters. The minimum Gasteiger partial charge on any atom is -0.383 e. The van der Waals surface area contributed by atoms with Crippen LogP contribution in [-0.4, -0.2) is 20.7 Å². The first-order valence-electron chi connectivity index (χ1n) is 5.85. The molecule has 0 saturated carbocycles. The van der Waals surface area contributed by atoms with Crippen molar-refractivity contribution in [1.29, 1.82) is 0 Å². The molecule has 1 aromatic rings. The second kappa shape index (κ2) is 5.54.